The van der Waals surface area contributed by atoms with Gasteiger partial charge in [-0.25, -0.2) is 9.50 Å². The third-order valence-electron chi connectivity index (χ3n) is 5.61. The van der Waals surface area contributed by atoms with E-state index in [1.165, 1.54) is 5.69 Å². The van der Waals surface area contributed by atoms with Crippen LogP contribution < -0.4 is 20.3 Å². The van der Waals surface area contributed by atoms with Gasteiger partial charge in [-0.3, -0.25) is 0 Å². The molecule has 0 spiro atoms. The number of nitrogens with one attached hydrogen (secondary N) is 2. The van der Waals surface area contributed by atoms with E-state index in [9.17, 15) is 5.26 Å². The van der Waals surface area contributed by atoms with Crippen LogP contribution in [0.2, 0.25) is 0 Å². The summed E-state index contributed by atoms with van der Waals surface area (Å²) in [5, 5.41) is 21.0. The first-order chi connectivity index (χ1) is 15.8. The van der Waals surface area contributed by atoms with Crippen LogP contribution in [-0.2, 0) is 0 Å². The standard InChI is InChI=1S/C24H23N7O/c1-32-22-5-3-2-4-21(22)23-17(15-25)14-20-16-27-24(29-31(20)23)28-18-6-8-19(9-7-18)30-12-10-26-11-13-30/h2-9,14,16,26H,10-13H2,1H3,(H,28,29). The van der Waals surface area contributed by atoms with Crippen LogP contribution in [0.4, 0.5) is 17.3 Å². The van der Waals surface area contributed by atoms with Crippen molar-refractivity contribution >= 4 is 22.8 Å². The minimum atomic E-state index is 0.448. The molecule has 1 aliphatic rings. The number of methoxy groups -OCH3 is 1. The number of ether oxygens (including phenoxy) is 1. The first-order valence-electron chi connectivity index (χ1n) is 10.5. The molecule has 1 aliphatic heterocycles. The van der Waals surface area contributed by atoms with Gasteiger partial charge >= 0.3 is 0 Å². The second-order valence-corrected chi connectivity index (χ2v) is 7.55. The maximum absolute atomic E-state index is 9.71. The minimum Gasteiger partial charge on any atom is -0.496 e. The highest BCUT2D eigenvalue weighted by Crippen LogP contribution is 2.33. The lowest BCUT2D eigenvalue weighted by Crippen LogP contribution is -2.43. The summed E-state index contributed by atoms with van der Waals surface area (Å²) in [6, 6.07) is 19.9. The van der Waals surface area contributed by atoms with Gasteiger partial charge in [-0.1, -0.05) is 12.1 Å². The molecule has 0 bridgehead atoms. The Bertz CT molecular complexity index is 1280. The second-order valence-electron chi connectivity index (χ2n) is 7.55. The van der Waals surface area contributed by atoms with Gasteiger partial charge in [-0.2, -0.15) is 5.26 Å². The third kappa shape index (κ3) is 3.70. The zero-order valence-electron chi connectivity index (χ0n) is 17.7. The second kappa shape index (κ2) is 8.57. The molecule has 2 N–H and O–H groups in total. The van der Waals surface area contributed by atoms with Crippen LogP contribution >= 0.6 is 0 Å². The molecule has 4 aromatic rings. The third-order valence-corrected chi connectivity index (χ3v) is 5.61. The van der Waals surface area contributed by atoms with Gasteiger partial charge in [-0.15, -0.1) is 5.10 Å². The molecule has 2 aromatic heterocycles. The number of hydrogen-bond donors (Lipinski definition) is 2. The summed E-state index contributed by atoms with van der Waals surface area (Å²) < 4.78 is 7.25. The molecule has 3 heterocycles. The van der Waals surface area contributed by atoms with Crippen LogP contribution in [0.15, 0.2) is 60.8 Å². The zero-order chi connectivity index (χ0) is 21.9. The van der Waals surface area contributed by atoms with Crippen LogP contribution in [0.25, 0.3) is 16.8 Å². The zero-order valence-corrected chi connectivity index (χ0v) is 17.7. The number of rotatable bonds is 5. The maximum atomic E-state index is 9.71. The average molecular weight is 425 g/mol. The fourth-order valence-corrected chi connectivity index (χ4v) is 4.02. The minimum absolute atomic E-state index is 0.448. The molecule has 2 aromatic carbocycles. The Balaban J connectivity index is 1.47. The maximum Gasteiger partial charge on any atom is 0.245 e. The fourth-order valence-electron chi connectivity index (χ4n) is 4.02. The van der Waals surface area contributed by atoms with E-state index in [1.807, 2.05) is 36.4 Å². The highest BCUT2D eigenvalue weighted by molar-refractivity contribution is 5.78. The molecule has 5 rings (SSSR count). The molecular formula is C24H23N7O. The summed E-state index contributed by atoms with van der Waals surface area (Å²) in [7, 11) is 1.62. The predicted octanol–water partition coefficient (Wildman–Crippen LogP) is 3.43. The van der Waals surface area contributed by atoms with Crippen molar-refractivity contribution in [3.63, 3.8) is 0 Å². The lowest BCUT2D eigenvalue weighted by molar-refractivity contribution is 0.416. The number of nitrogens with zero attached hydrogens (tertiary/aromatic N) is 5. The van der Waals surface area contributed by atoms with Crippen LogP contribution in [0.5, 0.6) is 5.75 Å². The van der Waals surface area contributed by atoms with Gasteiger partial charge in [0.1, 0.15) is 11.8 Å². The van der Waals surface area contributed by atoms with Gasteiger partial charge in [0.25, 0.3) is 0 Å². The number of benzene rings is 2. The molecule has 0 aliphatic carbocycles. The van der Waals surface area contributed by atoms with Crippen LogP contribution in [0, 0.1) is 11.3 Å². The molecule has 0 atom stereocenters. The number of fused-ring (bicyclic) bond motifs is 1. The molecule has 1 fully saturated rings. The first kappa shape index (κ1) is 19.8. The quantitative estimate of drug-likeness (QED) is 0.506. The van der Waals surface area contributed by atoms with Crippen molar-refractivity contribution in [2.45, 2.75) is 0 Å². The number of nitriles is 1. The van der Waals surface area contributed by atoms with Crippen molar-refractivity contribution in [1.82, 2.24) is 19.9 Å². The number of piperazine rings is 1. The normalized spacial score (nSPS) is 13.7. The van der Waals surface area contributed by atoms with E-state index in [-0.39, 0.29) is 0 Å². The highest BCUT2D eigenvalue weighted by Gasteiger charge is 2.18. The van der Waals surface area contributed by atoms with Crippen LogP contribution in [-0.4, -0.2) is 47.9 Å². The average Bonchev–Trinajstić information content (AvgIpc) is 3.23. The molecule has 0 saturated carbocycles. The lowest BCUT2D eigenvalue weighted by atomic mass is 10.1. The Kier molecular flexibility index (Phi) is 5.32. The molecule has 8 nitrogen and oxygen atoms in total. The summed E-state index contributed by atoms with van der Waals surface area (Å²) in [5.74, 6) is 1.13. The van der Waals surface area contributed by atoms with E-state index in [1.54, 1.807) is 23.9 Å². The first-order valence-corrected chi connectivity index (χ1v) is 10.5. The Hall–Kier alpha value is -4.09. The summed E-state index contributed by atoms with van der Waals surface area (Å²) >= 11 is 0. The van der Waals surface area contributed by atoms with Crippen molar-refractivity contribution in [3.05, 3.63) is 66.4 Å². The molecule has 0 amide bonds. The Labute approximate surface area is 186 Å². The Morgan fingerprint density at radius 3 is 2.62 bits per heavy atom. The molecule has 8 heteroatoms. The largest absolute Gasteiger partial charge is 0.496 e. The highest BCUT2D eigenvalue weighted by atomic mass is 16.5. The Morgan fingerprint density at radius 2 is 1.88 bits per heavy atom. The van der Waals surface area contributed by atoms with Crippen molar-refractivity contribution in [3.8, 4) is 23.1 Å². The lowest BCUT2D eigenvalue weighted by Gasteiger charge is -2.29. The van der Waals surface area contributed by atoms with E-state index in [2.05, 4.69) is 43.8 Å². The topological polar surface area (TPSA) is 90.5 Å². The predicted molar refractivity (Wildman–Crippen MR) is 124 cm³/mol. The number of aromatic nitrogens is 3. The van der Waals surface area contributed by atoms with E-state index < -0.39 is 0 Å². The van der Waals surface area contributed by atoms with Gasteiger partial charge in [0.2, 0.25) is 5.95 Å². The van der Waals surface area contributed by atoms with Crippen LogP contribution in [0.1, 0.15) is 5.56 Å². The molecule has 32 heavy (non-hydrogen) atoms. The number of hydrogen-bond acceptors (Lipinski definition) is 7. The molecule has 160 valence electrons. The van der Waals surface area contributed by atoms with Crippen molar-refractivity contribution < 1.29 is 4.74 Å². The summed E-state index contributed by atoms with van der Waals surface area (Å²) in [6.07, 6.45) is 1.71. The molecular weight excluding hydrogens is 402 g/mol. The van der Waals surface area contributed by atoms with Gasteiger partial charge < -0.3 is 20.3 Å². The van der Waals surface area contributed by atoms with E-state index in [0.29, 0.717) is 23.0 Å². The summed E-state index contributed by atoms with van der Waals surface area (Å²) in [6.45, 7) is 4.02. The number of anilines is 3. The smallest absolute Gasteiger partial charge is 0.245 e. The molecule has 1 saturated heterocycles. The van der Waals surface area contributed by atoms with Gasteiger partial charge in [0, 0.05) is 43.1 Å². The van der Waals surface area contributed by atoms with Crippen molar-refractivity contribution in [1.29, 1.82) is 5.26 Å². The number of para-hydroxylation sites is 1. The summed E-state index contributed by atoms with van der Waals surface area (Å²) in [4.78, 5) is 6.80. The van der Waals surface area contributed by atoms with Gasteiger partial charge in [0.15, 0.2) is 0 Å². The fraction of sp³-hybridized carbons (Fsp3) is 0.208. The van der Waals surface area contributed by atoms with Gasteiger partial charge in [-0.05, 0) is 42.5 Å². The monoisotopic (exact) mass is 425 g/mol. The van der Waals surface area contributed by atoms with Crippen LogP contribution in [0.3, 0.4) is 0 Å². The van der Waals surface area contributed by atoms with E-state index in [0.717, 1.165) is 42.9 Å². The summed E-state index contributed by atoms with van der Waals surface area (Å²) in [5.41, 5.74) is 4.84. The van der Waals surface area contributed by atoms with E-state index in [4.69, 9.17) is 4.74 Å². The van der Waals surface area contributed by atoms with E-state index >= 15 is 0 Å². The van der Waals surface area contributed by atoms with Crippen molar-refractivity contribution in [2.75, 3.05) is 43.5 Å². The molecule has 0 radical (unpaired) electrons. The Morgan fingerprint density at radius 1 is 1.09 bits per heavy atom. The SMILES string of the molecule is COc1ccccc1-c1c(C#N)cc2cnc(Nc3ccc(N4CCNCC4)cc3)nn12. The molecule has 0 unspecified atom stereocenters. The van der Waals surface area contributed by atoms with Gasteiger partial charge in [0.05, 0.1) is 30.1 Å². The van der Waals surface area contributed by atoms with Crippen molar-refractivity contribution in [2.24, 2.45) is 0 Å².